The van der Waals surface area contributed by atoms with Gasteiger partial charge in [0.1, 0.15) is 0 Å². The van der Waals surface area contributed by atoms with Gasteiger partial charge >= 0.3 is 0 Å². The van der Waals surface area contributed by atoms with E-state index in [9.17, 15) is 4.79 Å². The van der Waals surface area contributed by atoms with Crippen LogP contribution in [-0.2, 0) is 6.54 Å². The van der Waals surface area contributed by atoms with Crippen molar-refractivity contribution in [2.24, 2.45) is 0 Å². The Morgan fingerprint density at radius 1 is 1.35 bits per heavy atom. The molecule has 88 valence electrons. The minimum absolute atomic E-state index is 0.0189. The van der Waals surface area contributed by atoms with Crippen LogP contribution in [-0.4, -0.2) is 5.91 Å². The minimum Gasteiger partial charge on any atom is -0.347 e. The Labute approximate surface area is 118 Å². The van der Waals surface area contributed by atoms with E-state index in [1.54, 1.807) is 11.3 Å². The summed E-state index contributed by atoms with van der Waals surface area (Å²) in [5, 5.41) is 2.92. The molecule has 2 rings (SSSR count). The number of benzene rings is 1. The Morgan fingerprint density at radius 2 is 2.18 bits per heavy atom. The lowest BCUT2D eigenvalue weighted by Gasteiger charge is -2.03. The molecule has 2 nitrogen and oxygen atoms in total. The van der Waals surface area contributed by atoms with Crippen LogP contribution in [0.2, 0.25) is 0 Å². The van der Waals surface area contributed by atoms with Crippen LogP contribution in [0.15, 0.2) is 36.4 Å². The first-order chi connectivity index (χ1) is 8.15. The molecule has 0 unspecified atom stereocenters. The van der Waals surface area contributed by atoms with Gasteiger partial charge in [-0.25, -0.2) is 0 Å². The fourth-order valence-electron chi connectivity index (χ4n) is 1.48. The van der Waals surface area contributed by atoms with Gasteiger partial charge < -0.3 is 5.32 Å². The number of carbonyl (C=O) groups excluding carboxylic acids is 1. The summed E-state index contributed by atoms with van der Waals surface area (Å²) >= 11 is 3.92. The normalized spacial score (nSPS) is 10.2. The van der Waals surface area contributed by atoms with Crippen LogP contribution >= 0.6 is 33.9 Å². The monoisotopic (exact) mass is 357 g/mol. The molecule has 1 N–H and O–H groups in total. The standard InChI is InChI=1S/C13H12INOS/c1-9-5-6-12(17-9)8-15-13(16)10-3-2-4-11(14)7-10/h2-7H,8H2,1H3,(H,15,16). The van der Waals surface area contributed by atoms with Crippen molar-refractivity contribution in [1.29, 1.82) is 0 Å². The van der Waals surface area contributed by atoms with Gasteiger partial charge in [-0.3, -0.25) is 4.79 Å². The zero-order valence-corrected chi connectivity index (χ0v) is 12.3. The Hall–Kier alpha value is -0.880. The van der Waals surface area contributed by atoms with Crippen molar-refractivity contribution in [3.05, 3.63) is 55.3 Å². The molecule has 0 bridgehead atoms. The van der Waals surface area contributed by atoms with Gasteiger partial charge in [0.15, 0.2) is 0 Å². The molecule has 0 fully saturated rings. The first kappa shape index (κ1) is 12.6. The van der Waals surface area contributed by atoms with Gasteiger partial charge in [-0.05, 0) is 59.8 Å². The van der Waals surface area contributed by atoms with Crippen LogP contribution < -0.4 is 5.32 Å². The number of nitrogens with one attached hydrogen (secondary N) is 1. The van der Waals surface area contributed by atoms with E-state index in [2.05, 4.69) is 47.0 Å². The van der Waals surface area contributed by atoms with E-state index in [4.69, 9.17) is 0 Å². The Kier molecular flexibility index (Phi) is 4.17. The van der Waals surface area contributed by atoms with E-state index in [0.717, 1.165) is 3.57 Å². The van der Waals surface area contributed by atoms with Crippen molar-refractivity contribution in [2.45, 2.75) is 13.5 Å². The van der Waals surface area contributed by atoms with Crippen LogP contribution in [0.1, 0.15) is 20.1 Å². The minimum atomic E-state index is -0.0189. The summed E-state index contributed by atoms with van der Waals surface area (Å²) in [6.07, 6.45) is 0. The van der Waals surface area contributed by atoms with Gasteiger partial charge in [-0.15, -0.1) is 11.3 Å². The van der Waals surface area contributed by atoms with Crippen LogP contribution in [0.25, 0.3) is 0 Å². The predicted molar refractivity (Wildman–Crippen MR) is 79.4 cm³/mol. The van der Waals surface area contributed by atoms with Crippen LogP contribution in [0.4, 0.5) is 0 Å². The SMILES string of the molecule is Cc1ccc(CNC(=O)c2cccc(I)c2)s1. The zero-order valence-electron chi connectivity index (χ0n) is 9.37. The Morgan fingerprint density at radius 3 is 2.82 bits per heavy atom. The van der Waals surface area contributed by atoms with Gasteiger partial charge in [0.25, 0.3) is 5.91 Å². The third kappa shape index (κ3) is 3.54. The first-order valence-electron chi connectivity index (χ1n) is 5.24. The third-order valence-corrected chi connectivity index (χ3v) is 3.98. The summed E-state index contributed by atoms with van der Waals surface area (Å²) in [6, 6.07) is 11.7. The highest BCUT2D eigenvalue weighted by atomic mass is 127. The van der Waals surface area contributed by atoms with Crippen molar-refractivity contribution in [3.63, 3.8) is 0 Å². The molecular formula is C13H12INOS. The van der Waals surface area contributed by atoms with Crippen molar-refractivity contribution in [3.8, 4) is 0 Å². The maximum atomic E-state index is 11.9. The molecule has 1 aromatic carbocycles. The largest absolute Gasteiger partial charge is 0.347 e. The molecule has 1 amide bonds. The van der Waals surface area contributed by atoms with Crippen LogP contribution in [0.5, 0.6) is 0 Å². The molecule has 0 aliphatic carbocycles. The van der Waals surface area contributed by atoms with Crippen molar-refractivity contribution in [1.82, 2.24) is 5.32 Å². The summed E-state index contributed by atoms with van der Waals surface area (Å²) in [6.45, 7) is 2.67. The summed E-state index contributed by atoms with van der Waals surface area (Å²) in [4.78, 5) is 14.3. The highest BCUT2D eigenvalue weighted by molar-refractivity contribution is 14.1. The molecule has 1 aromatic heterocycles. The molecule has 0 radical (unpaired) electrons. The number of aryl methyl sites for hydroxylation is 1. The van der Waals surface area contributed by atoms with E-state index in [1.807, 2.05) is 24.3 Å². The summed E-state index contributed by atoms with van der Waals surface area (Å²) in [5.41, 5.74) is 0.713. The zero-order chi connectivity index (χ0) is 12.3. The number of carbonyl (C=O) groups is 1. The Bertz CT molecular complexity index is 536. The topological polar surface area (TPSA) is 29.1 Å². The van der Waals surface area contributed by atoms with E-state index in [1.165, 1.54) is 9.75 Å². The van der Waals surface area contributed by atoms with Gasteiger partial charge in [0.05, 0.1) is 6.54 Å². The maximum Gasteiger partial charge on any atom is 0.251 e. The van der Waals surface area contributed by atoms with E-state index < -0.39 is 0 Å². The average molecular weight is 357 g/mol. The van der Waals surface area contributed by atoms with Gasteiger partial charge in [0, 0.05) is 18.9 Å². The van der Waals surface area contributed by atoms with Crippen molar-refractivity contribution >= 4 is 39.8 Å². The molecule has 1 heterocycles. The Balaban J connectivity index is 1.98. The molecule has 0 saturated carbocycles. The van der Waals surface area contributed by atoms with E-state index in [-0.39, 0.29) is 5.91 Å². The second-order valence-corrected chi connectivity index (χ2v) is 6.32. The number of thiophene rings is 1. The molecule has 0 spiro atoms. The van der Waals surface area contributed by atoms with Gasteiger partial charge in [0.2, 0.25) is 0 Å². The number of hydrogen-bond donors (Lipinski definition) is 1. The molecule has 0 saturated heterocycles. The molecule has 4 heteroatoms. The first-order valence-corrected chi connectivity index (χ1v) is 7.14. The summed E-state index contributed by atoms with van der Waals surface area (Å²) in [7, 11) is 0. The van der Waals surface area contributed by atoms with E-state index >= 15 is 0 Å². The fraction of sp³-hybridized carbons (Fsp3) is 0.154. The number of halogens is 1. The van der Waals surface area contributed by atoms with E-state index in [0.29, 0.717) is 12.1 Å². The number of rotatable bonds is 3. The van der Waals surface area contributed by atoms with Gasteiger partial charge in [-0.2, -0.15) is 0 Å². The number of hydrogen-bond acceptors (Lipinski definition) is 2. The lowest BCUT2D eigenvalue weighted by atomic mass is 10.2. The summed E-state index contributed by atoms with van der Waals surface area (Å²) < 4.78 is 1.07. The second-order valence-electron chi connectivity index (χ2n) is 3.71. The van der Waals surface area contributed by atoms with Gasteiger partial charge in [-0.1, -0.05) is 6.07 Å². The average Bonchev–Trinajstić information content (AvgIpc) is 2.72. The smallest absolute Gasteiger partial charge is 0.251 e. The predicted octanol–water partition coefficient (Wildman–Crippen LogP) is 3.59. The lowest BCUT2D eigenvalue weighted by Crippen LogP contribution is -2.22. The quantitative estimate of drug-likeness (QED) is 0.836. The molecular weight excluding hydrogens is 345 g/mol. The third-order valence-electron chi connectivity index (χ3n) is 2.31. The highest BCUT2D eigenvalue weighted by Gasteiger charge is 2.05. The second kappa shape index (κ2) is 5.64. The van der Waals surface area contributed by atoms with Crippen molar-refractivity contribution in [2.75, 3.05) is 0 Å². The highest BCUT2D eigenvalue weighted by Crippen LogP contribution is 2.15. The van der Waals surface area contributed by atoms with Crippen LogP contribution in [0, 0.1) is 10.5 Å². The summed E-state index contributed by atoms with van der Waals surface area (Å²) in [5.74, 6) is -0.0189. The molecule has 17 heavy (non-hydrogen) atoms. The maximum absolute atomic E-state index is 11.9. The van der Waals surface area contributed by atoms with Crippen molar-refractivity contribution < 1.29 is 4.79 Å². The molecule has 0 aliphatic heterocycles. The number of amides is 1. The molecule has 0 aliphatic rings. The van der Waals surface area contributed by atoms with Crippen LogP contribution in [0.3, 0.4) is 0 Å². The fourth-order valence-corrected chi connectivity index (χ4v) is 2.85. The lowest BCUT2D eigenvalue weighted by molar-refractivity contribution is 0.0951. The molecule has 2 aromatic rings. The molecule has 0 atom stereocenters.